The predicted octanol–water partition coefficient (Wildman–Crippen LogP) is 14.1. The third-order valence-corrected chi connectivity index (χ3v) is 11.5. The molecule has 3 nitrogen and oxygen atoms in total. The van der Waals surface area contributed by atoms with E-state index in [4.69, 9.17) is 4.74 Å². The maximum atomic E-state index is 6.81. The molecule has 0 aliphatic carbocycles. The van der Waals surface area contributed by atoms with Gasteiger partial charge in [-0.05, 0) is 93.9 Å². The summed E-state index contributed by atoms with van der Waals surface area (Å²) >= 11 is 0. The lowest BCUT2D eigenvalue weighted by atomic mass is 9.90. The van der Waals surface area contributed by atoms with Crippen molar-refractivity contribution in [3.05, 3.63) is 194 Å². The molecule has 12 rings (SSSR count). The quantitative estimate of drug-likeness (QED) is 0.179. The molecule has 0 unspecified atom stereocenters. The molecule has 0 amide bonds. The molecule has 11 aromatic rings. The highest BCUT2D eigenvalue weighted by Gasteiger charge is 2.25. The van der Waals surface area contributed by atoms with Crippen LogP contribution in [0.15, 0.2) is 194 Å². The zero-order chi connectivity index (χ0) is 36.0. The van der Waals surface area contributed by atoms with Crippen LogP contribution in [0.2, 0.25) is 0 Å². The molecular formula is C52H32N2O. The molecule has 0 atom stereocenters. The Bertz CT molecular complexity index is 3320. The number of rotatable bonds is 4. The zero-order valence-electron chi connectivity index (χ0n) is 29.8. The highest BCUT2D eigenvalue weighted by molar-refractivity contribution is 6.25. The molecule has 0 saturated heterocycles. The summed E-state index contributed by atoms with van der Waals surface area (Å²) in [4.78, 5) is 0. The van der Waals surface area contributed by atoms with Crippen LogP contribution in [-0.2, 0) is 0 Å². The van der Waals surface area contributed by atoms with Crippen molar-refractivity contribution in [2.24, 2.45) is 0 Å². The molecule has 1 aliphatic rings. The topological polar surface area (TPSA) is 19.1 Å². The summed E-state index contributed by atoms with van der Waals surface area (Å²) in [5, 5.41) is 7.37. The number of para-hydroxylation sites is 3. The van der Waals surface area contributed by atoms with Gasteiger partial charge in [-0.25, -0.2) is 0 Å². The van der Waals surface area contributed by atoms with Crippen molar-refractivity contribution < 1.29 is 4.74 Å². The number of fused-ring (bicyclic) bond motifs is 9. The number of aromatic nitrogens is 2. The van der Waals surface area contributed by atoms with E-state index in [1.807, 2.05) is 0 Å². The Morgan fingerprint density at radius 2 is 0.873 bits per heavy atom. The third-order valence-electron chi connectivity index (χ3n) is 11.5. The SMILES string of the molecule is c1ccc(-c2ccc3c(c2)c2ccccc2n3-c2ccc(-c3ccc4c(c3)-c3cccc5c3c(cc3c5c5ccccc5n3-c3ccccc3)O4)cc2)cc1. The lowest BCUT2D eigenvalue weighted by Crippen LogP contribution is -1.99. The van der Waals surface area contributed by atoms with Crippen LogP contribution in [0.4, 0.5) is 0 Å². The first-order valence-electron chi connectivity index (χ1n) is 18.8. The van der Waals surface area contributed by atoms with Crippen LogP contribution in [0, 0.1) is 0 Å². The number of ether oxygens (including phenoxy) is 1. The molecule has 0 saturated carbocycles. The van der Waals surface area contributed by atoms with E-state index in [1.165, 1.54) is 60.2 Å². The molecule has 0 N–H and O–H groups in total. The summed E-state index contributed by atoms with van der Waals surface area (Å²) in [7, 11) is 0. The number of hydrogen-bond donors (Lipinski definition) is 0. The van der Waals surface area contributed by atoms with Gasteiger partial charge in [0.25, 0.3) is 0 Å². The van der Waals surface area contributed by atoms with Gasteiger partial charge in [-0.3, -0.25) is 0 Å². The first-order valence-corrected chi connectivity index (χ1v) is 18.8. The minimum Gasteiger partial charge on any atom is -0.456 e. The Labute approximate surface area is 317 Å². The Morgan fingerprint density at radius 1 is 0.291 bits per heavy atom. The molecule has 256 valence electrons. The molecule has 0 spiro atoms. The summed E-state index contributed by atoms with van der Waals surface area (Å²) in [6.07, 6.45) is 0. The van der Waals surface area contributed by atoms with Gasteiger partial charge in [0.15, 0.2) is 0 Å². The summed E-state index contributed by atoms with van der Waals surface area (Å²) in [5.41, 5.74) is 14.1. The number of benzene rings is 9. The first kappa shape index (κ1) is 30.1. The lowest BCUT2D eigenvalue weighted by Gasteiger charge is -2.23. The average molecular weight is 701 g/mol. The van der Waals surface area contributed by atoms with Crippen LogP contribution in [0.1, 0.15) is 0 Å². The second-order valence-electron chi connectivity index (χ2n) is 14.5. The van der Waals surface area contributed by atoms with Gasteiger partial charge in [-0.15, -0.1) is 0 Å². The van der Waals surface area contributed by atoms with Crippen molar-refractivity contribution in [3.8, 4) is 56.3 Å². The van der Waals surface area contributed by atoms with E-state index in [1.54, 1.807) is 0 Å². The van der Waals surface area contributed by atoms with Gasteiger partial charge in [0.1, 0.15) is 11.5 Å². The smallest absolute Gasteiger partial charge is 0.138 e. The molecule has 55 heavy (non-hydrogen) atoms. The van der Waals surface area contributed by atoms with Crippen molar-refractivity contribution in [1.29, 1.82) is 0 Å². The Balaban J connectivity index is 0.973. The highest BCUT2D eigenvalue weighted by Crippen LogP contribution is 2.51. The molecule has 3 heterocycles. The van der Waals surface area contributed by atoms with E-state index in [-0.39, 0.29) is 0 Å². The van der Waals surface area contributed by atoms with E-state index in [9.17, 15) is 0 Å². The fraction of sp³-hybridized carbons (Fsp3) is 0. The summed E-state index contributed by atoms with van der Waals surface area (Å²) < 4.78 is 11.6. The largest absolute Gasteiger partial charge is 0.456 e. The molecule has 0 radical (unpaired) electrons. The molecule has 0 fully saturated rings. The normalized spacial score (nSPS) is 12.1. The van der Waals surface area contributed by atoms with Gasteiger partial charge in [0.2, 0.25) is 0 Å². The van der Waals surface area contributed by atoms with E-state index in [0.717, 1.165) is 50.5 Å². The van der Waals surface area contributed by atoms with Crippen molar-refractivity contribution in [2.45, 2.75) is 0 Å². The Kier molecular flexibility index (Phi) is 6.34. The van der Waals surface area contributed by atoms with Crippen LogP contribution in [0.3, 0.4) is 0 Å². The van der Waals surface area contributed by atoms with E-state index in [0.29, 0.717) is 0 Å². The van der Waals surface area contributed by atoms with Crippen molar-refractivity contribution in [3.63, 3.8) is 0 Å². The average Bonchev–Trinajstić information content (AvgIpc) is 3.77. The zero-order valence-corrected chi connectivity index (χ0v) is 29.8. The Morgan fingerprint density at radius 3 is 1.69 bits per heavy atom. The maximum absolute atomic E-state index is 6.81. The van der Waals surface area contributed by atoms with E-state index < -0.39 is 0 Å². The third kappa shape index (κ3) is 4.44. The van der Waals surface area contributed by atoms with E-state index in [2.05, 4.69) is 203 Å². The number of hydrogen-bond acceptors (Lipinski definition) is 1. The van der Waals surface area contributed by atoms with Gasteiger partial charge in [0.05, 0.1) is 22.1 Å². The van der Waals surface area contributed by atoms with Crippen molar-refractivity contribution in [2.75, 3.05) is 0 Å². The summed E-state index contributed by atoms with van der Waals surface area (Å²) in [6, 6.07) is 70.0. The molecule has 9 aromatic carbocycles. The second-order valence-corrected chi connectivity index (χ2v) is 14.5. The minimum absolute atomic E-state index is 0.877. The van der Waals surface area contributed by atoms with Gasteiger partial charge in [-0.1, -0.05) is 127 Å². The fourth-order valence-electron chi connectivity index (χ4n) is 9.05. The number of nitrogens with zero attached hydrogens (tertiary/aromatic N) is 2. The highest BCUT2D eigenvalue weighted by atomic mass is 16.5. The molecule has 2 aromatic heterocycles. The molecule has 0 bridgehead atoms. The molecule has 1 aliphatic heterocycles. The van der Waals surface area contributed by atoms with E-state index >= 15 is 0 Å². The van der Waals surface area contributed by atoms with Gasteiger partial charge in [0, 0.05) is 49.9 Å². The van der Waals surface area contributed by atoms with Crippen LogP contribution in [0.5, 0.6) is 11.5 Å². The van der Waals surface area contributed by atoms with Crippen molar-refractivity contribution in [1.82, 2.24) is 9.13 Å². The van der Waals surface area contributed by atoms with Crippen LogP contribution in [-0.4, -0.2) is 9.13 Å². The summed E-state index contributed by atoms with van der Waals surface area (Å²) in [5.74, 6) is 1.77. The molecule has 3 heteroatoms. The first-order chi connectivity index (χ1) is 27.3. The summed E-state index contributed by atoms with van der Waals surface area (Å²) in [6.45, 7) is 0. The monoisotopic (exact) mass is 700 g/mol. The van der Waals surface area contributed by atoms with Gasteiger partial charge in [-0.2, -0.15) is 0 Å². The maximum Gasteiger partial charge on any atom is 0.138 e. The Hall–Kier alpha value is -7.36. The lowest BCUT2D eigenvalue weighted by molar-refractivity contribution is 0.487. The van der Waals surface area contributed by atoms with Crippen LogP contribution in [0.25, 0.3) is 99.1 Å². The van der Waals surface area contributed by atoms with Crippen molar-refractivity contribution >= 4 is 54.4 Å². The molecular weight excluding hydrogens is 669 g/mol. The van der Waals surface area contributed by atoms with Gasteiger partial charge >= 0.3 is 0 Å². The predicted molar refractivity (Wildman–Crippen MR) is 229 cm³/mol. The fourth-order valence-corrected chi connectivity index (χ4v) is 9.05. The minimum atomic E-state index is 0.877. The van der Waals surface area contributed by atoms with Crippen LogP contribution >= 0.6 is 0 Å². The van der Waals surface area contributed by atoms with Crippen LogP contribution < -0.4 is 4.74 Å². The second kappa shape index (κ2) is 11.6. The standard InChI is InChI=1S/C52H32N2O/c1-3-12-33(13-4-1)35-24-28-47-43(30-35)39-16-7-9-20-45(39)53(47)38-26-22-34(23-27-38)36-25-29-49-44(31-36)40-18-11-19-42-51-41-17-8-10-21-46(41)54(37-14-5-2-6-15-37)48(51)32-50(55-49)52(40)42/h1-32H. The van der Waals surface area contributed by atoms with Gasteiger partial charge < -0.3 is 13.9 Å².